The van der Waals surface area contributed by atoms with Crippen LogP contribution in [0.15, 0.2) is 15.7 Å². The summed E-state index contributed by atoms with van der Waals surface area (Å²) < 4.78 is 27.5. The Bertz CT molecular complexity index is 668. The summed E-state index contributed by atoms with van der Waals surface area (Å²) in [6.07, 6.45) is 2.20. The maximum absolute atomic E-state index is 12.5. The van der Waals surface area contributed by atoms with E-state index in [2.05, 4.69) is 0 Å². The first-order valence-corrected chi connectivity index (χ1v) is 9.36. The molecule has 0 aromatic carbocycles. The summed E-state index contributed by atoms with van der Waals surface area (Å²) in [5.74, 6) is -0.790. The van der Waals surface area contributed by atoms with Crippen molar-refractivity contribution in [2.45, 2.75) is 36.4 Å². The fraction of sp³-hybridized carbons (Fsp3) is 0.538. The summed E-state index contributed by atoms with van der Waals surface area (Å²) in [4.78, 5) is 26.0. The molecule has 0 unspecified atom stereocenters. The van der Waals surface area contributed by atoms with Gasteiger partial charge in [-0.3, -0.25) is 4.79 Å². The van der Waals surface area contributed by atoms with E-state index in [1.165, 1.54) is 16.3 Å². The number of thiophene rings is 1. The first-order valence-electron chi connectivity index (χ1n) is 6.93. The highest BCUT2D eigenvalue weighted by atomic mass is 32.2. The minimum atomic E-state index is -3.83. The fourth-order valence-corrected chi connectivity index (χ4v) is 3.98. The molecule has 0 spiro atoms. The van der Waals surface area contributed by atoms with Crippen LogP contribution in [0.25, 0.3) is 0 Å². The SMILES string of the molecule is CCOC(=O)[C@@H]1CCCCN1C(=O)c1csc(S(N)(=O)=O)c1. The van der Waals surface area contributed by atoms with Gasteiger partial charge in [-0.2, -0.15) is 0 Å². The second-order valence-corrected chi connectivity index (χ2v) is 7.66. The van der Waals surface area contributed by atoms with Gasteiger partial charge in [-0.1, -0.05) is 0 Å². The van der Waals surface area contributed by atoms with Gasteiger partial charge in [0, 0.05) is 11.9 Å². The summed E-state index contributed by atoms with van der Waals surface area (Å²) in [5.41, 5.74) is 0.227. The Kier molecular flexibility index (Phi) is 5.20. The van der Waals surface area contributed by atoms with Gasteiger partial charge >= 0.3 is 5.97 Å². The Morgan fingerprint density at radius 1 is 1.45 bits per heavy atom. The lowest BCUT2D eigenvalue weighted by atomic mass is 10.0. The molecule has 122 valence electrons. The van der Waals surface area contributed by atoms with Crippen LogP contribution in [0, 0.1) is 0 Å². The third kappa shape index (κ3) is 3.65. The second-order valence-electron chi connectivity index (χ2n) is 4.96. The van der Waals surface area contributed by atoms with Gasteiger partial charge in [0.05, 0.1) is 12.2 Å². The number of primary sulfonamides is 1. The molecule has 1 atom stereocenters. The van der Waals surface area contributed by atoms with Crippen molar-refractivity contribution in [2.24, 2.45) is 5.14 Å². The number of nitrogens with zero attached hydrogens (tertiary/aromatic N) is 1. The van der Waals surface area contributed by atoms with Crippen molar-refractivity contribution in [1.82, 2.24) is 4.90 Å². The Balaban J connectivity index is 2.22. The molecule has 2 heterocycles. The predicted molar refractivity (Wildman–Crippen MR) is 81.0 cm³/mol. The molecule has 2 N–H and O–H groups in total. The van der Waals surface area contributed by atoms with Crippen LogP contribution in [0.3, 0.4) is 0 Å². The largest absolute Gasteiger partial charge is 0.464 e. The summed E-state index contributed by atoms with van der Waals surface area (Å²) in [6.45, 7) is 2.42. The molecule has 1 aliphatic heterocycles. The van der Waals surface area contributed by atoms with Crippen molar-refractivity contribution in [3.63, 3.8) is 0 Å². The number of sulfonamides is 1. The number of piperidine rings is 1. The van der Waals surface area contributed by atoms with Gasteiger partial charge in [0.2, 0.25) is 10.0 Å². The highest BCUT2D eigenvalue weighted by Gasteiger charge is 2.34. The van der Waals surface area contributed by atoms with Crippen LogP contribution < -0.4 is 5.14 Å². The molecule has 0 saturated carbocycles. The van der Waals surface area contributed by atoms with Crippen molar-refractivity contribution in [3.8, 4) is 0 Å². The molecule has 22 heavy (non-hydrogen) atoms. The number of hydrogen-bond donors (Lipinski definition) is 1. The summed E-state index contributed by atoms with van der Waals surface area (Å²) in [5, 5.41) is 6.49. The average Bonchev–Trinajstić information content (AvgIpc) is 2.96. The van der Waals surface area contributed by atoms with Crippen molar-refractivity contribution < 1.29 is 22.7 Å². The van der Waals surface area contributed by atoms with Crippen LogP contribution in [-0.2, 0) is 19.6 Å². The molecular weight excluding hydrogens is 328 g/mol. The molecule has 2 rings (SSSR count). The van der Waals surface area contributed by atoms with Gasteiger partial charge in [0.15, 0.2) is 0 Å². The highest BCUT2D eigenvalue weighted by molar-refractivity contribution is 7.91. The van der Waals surface area contributed by atoms with E-state index in [0.29, 0.717) is 13.0 Å². The summed E-state index contributed by atoms with van der Waals surface area (Å²) in [7, 11) is -3.83. The lowest BCUT2D eigenvalue weighted by Crippen LogP contribution is -2.48. The standard InChI is InChI=1S/C13H18N2O5S2/c1-2-20-13(17)10-5-3-4-6-15(10)12(16)9-7-11(21-8-9)22(14,18)19/h7-8,10H,2-6H2,1H3,(H2,14,18,19)/t10-/m0/s1. The lowest BCUT2D eigenvalue weighted by Gasteiger charge is -2.33. The molecule has 0 radical (unpaired) electrons. The maximum Gasteiger partial charge on any atom is 0.328 e. The van der Waals surface area contributed by atoms with Crippen LogP contribution in [0.1, 0.15) is 36.5 Å². The maximum atomic E-state index is 12.5. The molecule has 0 bridgehead atoms. The lowest BCUT2D eigenvalue weighted by molar-refractivity contribution is -0.149. The van der Waals surface area contributed by atoms with E-state index in [1.54, 1.807) is 6.92 Å². The molecular formula is C13H18N2O5S2. The number of likely N-dealkylation sites (tertiary alicyclic amines) is 1. The van der Waals surface area contributed by atoms with Gasteiger partial charge in [0.1, 0.15) is 10.3 Å². The topological polar surface area (TPSA) is 107 Å². The number of hydrogen-bond acceptors (Lipinski definition) is 6. The molecule has 1 aliphatic rings. The van der Waals surface area contributed by atoms with Gasteiger partial charge in [-0.15, -0.1) is 11.3 Å². The van der Waals surface area contributed by atoms with Crippen molar-refractivity contribution in [3.05, 3.63) is 17.0 Å². The highest BCUT2D eigenvalue weighted by Crippen LogP contribution is 2.24. The zero-order valence-electron chi connectivity index (χ0n) is 12.1. The Morgan fingerprint density at radius 2 is 2.18 bits per heavy atom. The van der Waals surface area contributed by atoms with E-state index in [1.807, 2.05) is 0 Å². The predicted octanol–water partition coefficient (Wildman–Crippen LogP) is 0.953. The Hall–Kier alpha value is -1.45. The van der Waals surface area contributed by atoms with E-state index < -0.39 is 22.0 Å². The van der Waals surface area contributed by atoms with Crippen molar-refractivity contribution in [2.75, 3.05) is 13.2 Å². The van der Waals surface area contributed by atoms with E-state index in [-0.39, 0.29) is 22.3 Å². The Labute approximate surface area is 133 Å². The molecule has 1 aromatic rings. The third-order valence-corrected chi connectivity index (χ3v) is 5.81. The van der Waals surface area contributed by atoms with Crippen LogP contribution in [0.2, 0.25) is 0 Å². The first-order chi connectivity index (χ1) is 10.3. The normalized spacial score (nSPS) is 19.0. The van der Waals surface area contributed by atoms with E-state index in [4.69, 9.17) is 9.88 Å². The molecule has 7 nitrogen and oxygen atoms in total. The quantitative estimate of drug-likeness (QED) is 0.817. The van der Waals surface area contributed by atoms with E-state index >= 15 is 0 Å². The Morgan fingerprint density at radius 3 is 2.77 bits per heavy atom. The number of amides is 1. The van der Waals surface area contributed by atoms with Crippen molar-refractivity contribution >= 4 is 33.2 Å². The number of nitrogens with two attached hydrogens (primary N) is 1. The minimum absolute atomic E-state index is 0.0689. The van der Waals surface area contributed by atoms with E-state index in [9.17, 15) is 18.0 Å². The van der Waals surface area contributed by atoms with Gasteiger partial charge in [-0.25, -0.2) is 18.4 Å². The zero-order valence-corrected chi connectivity index (χ0v) is 13.8. The smallest absolute Gasteiger partial charge is 0.328 e. The molecule has 1 aromatic heterocycles. The van der Waals surface area contributed by atoms with Crippen LogP contribution in [-0.4, -0.2) is 44.4 Å². The molecule has 9 heteroatoms. The molecule has 0 aliphatic carbocycles. The number of esters is 1. The van der Waals surface area contributed by atoms with Gasteiger partial charge in [0.25, 0.3) is 5.91 Å². The number of carbonyl (C=O) groups excluding carboxylic acids is 2. The van der Waals surface area contributed by atoms with E-state index in [0.717, 1.165) is 24.2 Å². The van der Waals surface area contributed by atoms with Crippen LogP contribution in [0.5, 0.6) is 0 Å². The number of ether oxygens (including phenoxy) is 1. The van der Waals surface area contributed by atoms with Gasteiger partial charge in [-0.05, 0) is 32.3 Å². The number of rotatable bonds is 4. The second kappa shape index (κ2) is 6.76. The summed E-state index contributed by atoms with van der Waals surface area (Å²) >= 11 is 0.892. The van der Waals surface area contributed by atoms with Crippen LogP contribution >= 0.6 is 11.3 Å². The fourth-order valence-electron chi connectivity index (χ4n) is 2.40. The van der Waals surface area contributed by atoms with Gasteiger partial charge < -0.3 is 9.64 Å². The molecule has 1 fully saturated rings. The molecule has 1 saturated heterocycles. The monoisotopic (exact) mass is 346 g/mol. The van der Waals surface area contributed by atoms with Crippen molar-refractivity contribution in [1.29, 1.82) is 0 Å². The molecule has 1 amide bonds. The average molecular weight is 346 g/mol. The first kappa shape index (κ1) is 16.9. The summed E-state index contributed by atoms with van der Waals surface area (Å²) in [6, 6.07) is 0.637. The minimum Gasteiger partial charge on any atom is -0.464 e. The third-order valence-electron chi connectivity index (χ3n) is 3.43. The van der Waals surface area contributed by atoms with Crippen LogP contribution in [0.4, 0.5) is 0 Å². The number of carbonyl (C=O) groups is 2. The zero-order chi connectivity index (χ0) is 16.3.